The quantitative estimate of drug-likeness (QED) is 0.0942. The molecule has 3 aromatic rings. The van der Waals surface area contributed by atoms with E-state index in [0.717, 1.165) is 23.1 Å². The molecule has 0 fully saturated rings. The number of carbonyl (C=O) groups excluding carboxylic acids is 2. The van der Waals surface area contributed by atoms with E-state index >= 15 is 0 Å². The number of nitrogens with zero attached hydrogens (tertiary/aromatic N) is 2. The van der Waals surface area contributed by atoms with Crippen LogP contribution in [-0.4, -0.2) is 46.7 Å². The van der Waals surface area contributed by atoms with Gasteiger partial charge >= 0.3 is 5.97 Å². The number of aliphatic hydroxyl groups is 1. The summed E-state index contributed by atoms with van der Waals surface area (Å²) in [5.41, 5.74) is 7.98. The molecule has 0 spiro atoms. The second kappa shape index (κ2) is 13.1. The number of aryl methyl sites for hydroxylation is 1. The summed E-state index contributed by atoms with van der Waals surface area (Å²) < 4.78 is 17.3. The highest BCUT2D eigenvalue weighted by molar-refractivity contribution is 6.01. The SMILES string of the molecule is CCCc1nc(C(C)(C)O)c(C(=O)OC/C(OC)=C(\C)OC=O)n1Cc1ccc(-c2ccccc2C(=N)N)cc1. The van der Waals surface area contributed by atoms with Gasteiger partial charge in [0, 0.05) is 18.5 Å². The standard InChI is InChI=1S/C30H36N4O6/c1-6-9-25-33-27(30(3,4)37)26(29(36)39-17-24(38-5)19(2)40-18-35)34(25)16-20-12-14-21(15-13-20)22-10-7-8-11-23(22)28(31)32/h7-8,10-15,18,37H,6,9,16-17H2,1-5H3,(H3,31,32)/b24-19-. The Morgan fingerprint density at radius 1 is 1.18 bits per heavy atom. The Balaban J connectivity index is 2.01. The summed E-state index contributed by atoms with van der Waals surface area (Å²) in [5.74, 6) is 0.267. The van der Waals surface area contributed by atoms with Crippen molar-refractivity contribution >= 4 is 18.3 Å². The molecule has 0 aliphatic heterocycles. The Morgan fingerprint density at radius 3 is 2.42 bits per heavy atom. The molecule has 0 bridgehead atoms. The number of allylic oxidation sites excluding steroid dienone is 1. The first-order valence-corrected chi connectivity index (χ1v) is 12.9. The first kappa shape index (κ1) is 30.1. The number of amidine groups is 1. The van der Waals surface area contributed by atoms with E-state index < -0.39 is 11.6 Å². The normalized spacial score (nSPS) is 11.9. The number of ether oxygens (including phenoxy) is 3. The van der Waals surface area contributed by atoms with Crippen LogP contribution < -0.4 is 5.73 Å². The largest absolute Gasteiger partial charge is 0.494 e. The van der Waals surface area contributed by atoms with Crippen LogP contribution in [0.1, 0.15) is 67.2 Å². The van der Waals surface area contributed by atoms with Gasteiger partial charge in [-0.15, -0.1) is 0 Å². The van der Waals surface area contributed by atoms with E-state index in [1.807, 2.05) is 49.4 Å². The number of esters is 1. The molecule has 10 heteroatoms. The number of imidazole rings is 1. The van der Waals surface area contributed by atoms with Gasteiger partial charge in [-0.1, -0.05) is 55.5 Å². The van der Waals surface area contributed by atoms with E-state index in [2.05, 4.69) is 4.98 Å². The van der Waals surface area contributed by atoms with Gasteiger partial charge in [0.15, 0.2) is 18.1 Å². The molecule has 0 saturated heterocycles. The van der Waals surface area contributed by atoms with E-state index in [9.17, 15) is 14.7 Å². The molecule has 0 amide bonds. The number of hydrogen-bond acceptors (Lipinski definition) is 8. The van der Waals surface area contributed by atoms with Gasteiger partial charge in [0.2, 0.25) is 0 Å². The van der Waals surface area contributed by atoms with Gasteiger partial charge in [0.1, 0.15) is 28.7 Å². The zero-order valence-corrected chi connectivity index (χ0v) is 23.5. The molecule has 0 saturated carbocycles. The number of methoxy groups -OCH3 is 1. The number of rotatable bonds is 13. The lowest BCUT2D eigenvalue weighted by molar-refractivity contribution is -0.125. The highest BCUT2D eigenvalue weighted by Crippen LogP contribution is 2.28. The summed E-state index contributed by atoms with van der Waals surface area (Å²) in [7, 11) is 1.38. The van der Waals surface area contributed by atoms with Gasteiger partial charge in [0.25, 0.3) is 6.47 Å². The third kappa shape index (κ3) is 6.95. The fourth-order valence-electron chi connectivity index (χ4n) is 4.30. The van der Waals surface area contributed by atoms with Crippen molar-refractivity contribution in [3.8, 4) is 11.1 Å². The Bertz CT molecular complexity index is 1400. The lowest BCUT2D eigenvalue weighted by Gasteiger charge is -2.18. The Morgan fingerprint density at radius 2 is 1.85 bits per heavy atom. The fraction of sp³-hybridized carbons (Fsp3) is 0.333. The summed E-state index contributed by atoms with van der Waals surface area (Å²) in [5, 5.41) is 18.8. The van der Waals surface area contributed by atoms with Crippen molar-refractivity contribution in [1.29, 1.82) is 5.41 Å². The number of nitrogens with one attached hydrogen (secondary N) is 1. The van der Waals surface area contributed by atoms with Crippen LogP contribution in [0.4, 0.5) is 0 Å². The molecule has 1 aromatic heterocycles. The van der Waals surface area contributed by atoms with Crippen LogP contribution in [0.15, 0.2) is 60.0 Å². The fourth-order valence-corrected chi connectivity index (χ4v) is 4.30. The number of nitrogens with two attached hydrogens (primary N) is 1. The summed E-state index contributed by atoms with van der Waals surface area (Å²) in [6.45, 7) is 6.94. The average Bonchev–Trinajstić information content (AvgIpc) is 3.28. The van der Waals surface area contributed by atoms with E-state index in [4.69, 9.17) is 25.4 Å². The maximum Gasteiger partial charge on any atom is 0.357 e. The molecule has 10 nitrogen and oxygen atoms in total. The van der Waals surface area contributed by atoms with Crippen molar-refractivity contribution in [3.63, 3.8) is 0 Å². The van der Waals surface area contributed by atoms with Crippen LogP contribution in [0.2, 0.25) is 0 Å². The van der Waals surface area contributed by atoms with Crippen LogP contribution in [0.3, 0.4) is 0 Å². The first-order chi connectivity index (χ1) is 19.0. The zero-order valence-electron chi connectivity index (χ0n) is 23.5. The molecule has 0 radical (unpaired) electrons. The van der Waals surface area contributed by atoms with Crippen LogP contribution >= 0.6 is 0 Å². The number of aromatic nitrogens is 2. The summed E-state index contributed by atoms with van der Waals surface area (Å²) in [6.07, 6.45) is 1.35. The van der Waals surface area contributed by atoms with Crippen molar-refractivity contribution in [2.24, 2.45) is 5.73 Å². The molecular weight excluding hydrogens is 512 g/mol. The van der Waals surface area contributed by atoms with Crippen LogP contribution in [0, 0.1) is 5.41 Å². The van der Waals surface area contributed by atoms with E-state index in [1.54, 1.807) is 24.5 Å². The van der Waals surface area contributed by atoms with Crippen molar-refractivity contribution < 1.29 is 28.9 Å². The highest BCUT2D eigenvalue weighted by atomic mass is 16.6. The minimum absolute atomic E-state index is 0.0102. The lowest BCUT2D eigenvalue weighted by atomic mass is 9.98. The van der Waals surface area contributed by atoms with Crippen molar-refractivity contribution in [1.82, 2.24) is 9.55 Å². The zero-order chi connectivity index (χ0) is 29.4. The number of carbonyl (C=O) groups is 2. The predicted molar refractivity (Wildman–Crippen MR) is 151 cm³/mol. The van der Waals surface area contributed by atoms with E-state index in [-0.39, 0.29) is 41.8 Å². The molecule has 0 unspecified atom stereocenters. The van der Waals surface area contributed by atoms with E-state index in [0.29, 0.717) is 24.4 Å². The predicted octanol–water partition coefficient (Wildman–Crippen LogP) is 4.27. The smallest absolute Gasteiger partial charge is 0.357 e. The van der Waals surface area contributed by atoms with Crippen LogP contribution in [-0.2, 0) is 37.6 Å². The molecule has 3 rings (SSSR count). The van der Waals surface area contributed by atoms with Gasteiger partial charge in [-0.25, -0.2) is 9.78 Å². The molecule has 0 atom stereocenters. The molecule has 4 N–H and O–H groups in total. The maximum atomic E-state index is 13.5. The monoisotopic (exact) mass is 548 g/mol. The number of nitrogen functional groups attached to an aromatic ring is 1. The molecule has 1 heterocycles. The van der Waals surface area contributed by atoms with Crippen LogP contribution in [0.25, 0.3) is 11.1 Å². The number of hydrogen-bond donors (Lipinski definition) is 3. The van der Waals surface area contributed by atoms with Gasteiger partial charge in [-0.05, 0) is 43.9 Å². The number of benzene rings is 2. The Labute approximate surface area is 233 Å². The minimum atomic E-state index is -1.42. The molecule has 212 valence electrons. The van der Waals surface area contributed by atoms with Gasteiger partial charge < -0.3 is 29.6 Å². The molecule has 0 aliphatic rings. The lowest BCUT2D eigenvalue weighted by Crippen LogP contribution is -2.24. The third-order valence-electron chi connectivity index (χ3n) is 6.31. The van der Waals surface area contributed by atoms with Gasteiger partial charge in [0.05, 0.1) is 7.11 Å². The molecule has 2 aromatic carbocycles. The second-order valence-electron chi connectivity index (χ2n) is 9.75. The highest BCUT2D eigenvalue weighted by Gasteiger charge is 2.32. The molecule has 0 aliphatic carbocycles. The van der Waals surface area contributed by atoms with E-state index in [1.165, 1.54) is 14.0 Å². The van der Waals surface area contributed by atoms with Gasteiger partial charge in [-0.2, -0.15) is 0 Å². The van der Waals surface area contributed by atoms with Crippen molar-refractivity contribution in [3.05, 3.63) is 88.4 Å². The Kier molecular flexibility index (Phi) is 9.84. The topological polar surface area (TPSA) is 150 Å². The summed E-state index contributed by atoms with van der Waals surface area (Å²) in [4.78, 5) is 28.8. The maximum absolute atomic E-state index is 13.5. The third-order valence-corrected chi connectivity index (χ3v) is 6.31. The molecule has 40 heavy (non-hydrogen) atoms. The van der Waals surface area contributed by atoms with Crippen molar-refractivity contribution in [2.45, 2.75) is 52.7 Å². The second-order valence-corrected chi connectivity index (χ2v) is 9.75. The average molecular weight is 549 g/mol. The molecular formula is C30H36N4O6. The van der Waals surface area contributed by atoms with Gasteiger partial charge in [-0.3, -0.25) is 10.2 Å². The van der Waals surface area contributed by atoms with Crippen LogP contribution in [0.5, 0.6) is 0 Å². The van der Waals surface area contributed by atoms with Crippen molar-refractivity contribution in [2.75, 3.05) is 13.7 Å². The summed E-state index contributed by atoms with van der Waals surface area (Å²) in [6, 6.07) is 15.2. The first-order valence-electron chi connectivity index (χ1n) is 12.9. The minimum Gasteiger partial charge on any atom is -0.494 e. The Hall–Kier alpha value is -4.44. The summed E-state index contributed by atoms with van der Waals surface area (Å²) >= 11 is 0.